The highest BCUT2D eigenvalue weighted by Crippen LogP contribution is 2.36. The van der Waals surface area contributed by atoms with E-state index in [0.29, 0.717) is 11.6 Å². The van der Waals surface area contributed by atoms with Crippen molar-refractivity contribution in [2.45, 2.75) is 19.8 Å². The van der Waals surface area contributed by atoms with Gasteiger partial charge in [0, 0.05) is 11.1 Å². The molecule has 0 saturated heterocycles. The predicted molar refractivity (Wildman–Crippen MR) is 74.7 cm³/mol. The van der Waals surface area contributed by atoms with Gasteiger partial charge < -0.3 is 15.0 Å². The van der Waals surface area contributed by atoms with E-state index in [1.165, 1.54) is 0 Å². The van der Waals surface area contributed by atoms with Gasteiger partial charge >= 0.3 is 0 Å². The van der Waals surface area contributed by atoms with Gasteiger partial charge in [-0.2, -0.15) is 0 Å². The van der Waals surface area contributed by atoms with Crippen LogP contribution in [0.5, 0.6) is 5.75 Å². The van der Waals surface area contributed by atoms with Crippen LogP contribution in [0.25, 0.3) is 11.3 Å². The number of methoxy groups -OCH3 is 1. The summed E-state index contributed by atoms with van der Waals surface area (Å²) in [5.74, 6) is 2.20. The second-order valence-corrected chi connectivity index (χ2v) is 5.17. The fourth-order valence-electron chi connectivity index (χ4n) is 1.88. The van der Waals surface area contributed by atoms with Crippen molar-refractivity contribution in [1.29, 1.82) is 0 Å². The van der Waals surface area contributed by atoms with Gasteiger partial charge in [0.05, 0.1) is 11.6 Å². The lowest BCUT2D eigenvalue weighted by Gasteiger charge is -2.07. The molecule has 0 saturated carbocycles. The molecule has 0 aliphatic heterocycles. The highest BCUT2D eigenvalue weighted by atomic mass is 79.9. The fraction of sp³-hybridized carbons (Fsp3) is 0.308. The number of hydrogen-bond acceptors (Lipinski definition) is 4. The molecule has 0 bridgehead atoms. The number of nitrogens with two attached hydrogens (primary N) is 1. The molecule has 0 fully saturated rings. The first kappa shape index (κ1) is 13.0. The number of nitrogen functional groups attached to an aromatic ring is 1. The Hall–Kier alpha value is -1.49. The molecule has 5 heteroatoms. The van der Waals surface area contributed by atoms with Crippen LogP contribution in [-0.4, -0.2) is 12.3 Å². The largest absolute Gasteiger partial charge is 0.496 e. The summed E-state index contributed by atoms with van der Waals surface area (Å²) in [7, 11) is 1.63. The number of halogens is 1. The third-order valence-corrected chi connectivity index (χ3v) is 3.37. The van der Waals surface area contributed by atoms with Gasteiger partial charge in [0.2, 0.25) is 0 Å². The summed E-state index contributed by atoms with van der Waals surface area (Å²) < 4.78 is 11.4. The Bertz CT molecular complexity index is 564. The maximum atomic E-state index is 5.83. The van der Waals surface area contributed by atoms with E-state index in [4.69, 9.17) is 15.0 Å². The molecule has 0 unspecified atom stereocenters. The molecule has 4 nitrogen and oxygen atoms in total. The van der Waals surface area contributed by atoms with Gasteiger partial charge in [-0.05, 0) is 40.0 Å². The molecule has 0 radical (unpaired) electrons. The van der Waals surface area contributed by atoms with Crippen LogP contribution in [0.3, 0.4) is 0 Å². The number of nitrogens with zero attached hydrogens (tertiary/aromatic N) is 1. The normalized spacial score (nSPS) is 10.9. The fourth-order valence-corrected chi connectivity index (χ4v) is 2.42. The monoisotopic (exact) mass is 310 g/mol. The maximum absolute atomic E-state index is 5.83. The zero-order chi connectivity index (χ0) is 13.3. The summed E-state index contributed by atoms with van der Waals surface area (Å²) in [5.41, 5.74) is 7.70. The minimum Gasteiger partial charge on any atom is -0.496 e. The smallest absolute Gasteiger partial charge is 0.172 e. The van der Waals surface area contributed by atoms with Gasteiger partial charge in [0.1, 0.15) is 5.75 Å². The van der Waals surface area contributed by atoms with Gasteiger partial charge in [0.15, 0.2) is 11.6 Å². The van der Waals surface area contributed by atoms with E-state index in [2.05, 4.69) is 34.9 Å². The van der Waals surface area contributed by atoms with Crippen LogP contribution in [0.2, 0.25) is 0 Å². The second-order valence-electron chi connectivity index (χ2n) is 4.31. The highest BCUT2D eigenvalue weighted by molar-refractivity contribution is 9.10. The van der Waals surface area contributed by atoms with E-state index in [9.17, 15) is 0 Å². The number of aromatic nitrogens is 1. The Kier molecular flexibility index (Phi) is 3.61. The van der Waals surface area contributed by atoms with Crippen molar-refractivity contribution in [2.75, 3.05) is 12.8 Å². The summed E-state index contributed by atoms with van der Waals surface area (Å²) in [6.07, 6.45) is 0. The Morgan fingerprint density at radius 3 is 2.67 bits per heavy atom. The first-order valence-corrected chi connectivity index (χ1v) is 6.42. The Balaban J connectivity index is 2.52. The van der Waals surface area contributed by atoms with Crippen LogP contribution in [0.15, 0.2) is 27.2 Å². The highest BCUT2D eigenvalue weighted by Gasteiger charge is 2.19. The van der Waals surface area contributed by atoms with Crippen LogP contribution in [0.1, 0.15) is 25.3 Å². The molecular weight excluding hydrogens is 296 g/mol. The molecule has 0 aliphatic rings. The third kappa shape index (κ3) is 2.22. The topological polar surface area (TPSA) is 61.3 Å². The van der Waals surface area contributed by atoms with Crippen molar-refractivity contribution < 1.29 is 9.26 Å². The second kappa shape index (κ2) is 5.02. The van der Waals surface area contributed by atoms with Gasteiger partial charge in [0.25, 0.3) is 0 Å². The van der Waals surface area contributed by atoms with Crippen molar-refractivity contribution in [1.82, 2.24) is 5.16 Å². The molecule has 1 aromatic carbocycles. The van der Waals surface area contributed by atoms with E-state index in [1.54, 1.807) is 7.11 Å². The number of anilines is 1. The number of benzene rings is 1. The molecule has 2 rings (SSSR count). The van der Waals surface area contributed by atoms with E-state index in [-0.39, 0.29) is 5.92 Å². The average molecular weight is 311 g/mol. The predicted octanol–water partition coefficient (Wildman–Crippen LogP) is 3.82. The van der Waals surface area contributed by atoms with Crippen molar-refractivity contribution in [3.8, 4) is 17.1 Å². The van der Waals surface area contributed by atoms with E-state index in [0.717, 1.165) is 21.3 Å². The van der Waals surface area contributed by atoms with Crippen LogP contribution >= 0.6 is 15.9 Å². The number of hydrogen-bond donors (Lipinski definition) is 1. The molecule has 1 aromatic heterocycles. The molecular formula is C13H15BrN2O2. The maximum Gasteiger partial charge on any atom is 0.172 e. The van der Waals surface area contributed by atoms with Crippen molar-refractivity contribution in [3.05, 3.63) is 28.2 Å². The Morgan fingerprint density at radius 2 is 2.11 bits per heavy atom. The summed E-state index contributed by atoms with van der Waals surface area (Å²) in [4.78, 5) is 0. The number of rotatable bonds is 3. The lowest BCUT2D eigenvalue weighted by Crippen LogP contribution is -1.95. The molecule has 0 amide bonds. The van der Waals surface area contributed by atoms with E-state index in [1.807, 2.05) is 18.2 Å². The standard InChI is InChI=1S/C13H15BrN2O2/c1-7(2)11-12(18-16-13(11)15)8-4-5-10(17-3)9(14)6-8/h4-7H,1-3H3,(H2,15,16). The first-order chi connectivity index (χ1) is 8.54. The number of ether oxygens (including phenoxy) is 1. The summed E-state index contributed by atoms with van der Waals surface area (Å²) >= 11 is 3.45. The quantitative estimate of drug-likeness (QED) is 0.936. The van der Waals surface area contributed by atoms with Crippen LogP contribution in [0, 0.1) is 0 Å². The van der Waals surface area contributed by atoms with Gasteiger partial charge in [-0.15, -0.1) is 0 Å². The van der Waals surface area contributed by atoms with E-state index >= 15 is 0 Å². The van der Waals surface area contributed by atoms with Crippen molar-refractivity contribution >= 4 is 21.7 Å². The van der Waals surface area contributed by atoms with Crippen LogP contribution < -0.4 is 10.5 Å². The van der Waals surface area contributed by atoms with Gasteiger partial charge in [-0.1, -0.05) is 19.0 Å². The molecule has 0 atom stereocenters. The molecule has 18 heavy (non-hydrogen) atoms. The zero-order valence-corrected chi connectivity index (χ0v) is 12.1. The minimum atomic E-state index is 0.257. The molecule has 0 aliphatic carbocycles. The SMILES string of the molecule is COc1ccc(-c2onc(N)c2C(C)C)cc1Br. The molecule has 1 heterocycles. The molecule has 96 valence electrons. The molecule has 2 N–H and O–H groups in total. The van der Waals surface area contributed by atoms with Gasteiger partial charge in [-0.25, -0.2) is 0 Å². The lowest BCUT2D eigenvalue weighted by molar-refractivity contribution is 0.412. The Morgan fingerprint density at radius 1 is 1.39 bits per heavy atom. The molecule has 0 spiro atoms. The lowest BCUT2D eigenvalue weighted by atomic mass is 9.99. The van der Waals surface area contributed by atoms with Crippen molar-refractivity contribution in [2.24, 2.45) is 0 Å². The van der Waals surface area contributed by atoms with Crippen LogP contribution in [-0.2, 0) is 0 Å². The zero-order valence-electron chi connectivity index (χ0n) is 10.5. The summed E-state index contributed by atoms with van der Waals surface area (Å²) in [6, 6.07) is 5.74. The summed E-state index contributed by atoms with van der Waals surface area (Å²) in [6.45, 7) is 4.12. The van der Waals surface area contributed by atoms with Crippen LogP contribution in [0.4, 0.5) is 5.82 Å². The first-order valence-electron chi connectivity index (χ1n) is 5.63. The Labute approximate surface area is 114 Å². The van der Waals surface area contributed by atoms with Gasteiger partial charge in [-0.3, -0.25) is 0 Å². The molecule has 2 aromatic rings. The van der Waals surface area contributed by atoms with E-state index < -0.39 is 0 Å². The van der Waals surface area contributed by atoms with Crippen molar-refractivity contribution in [3.63, 3.8) is 0 Å². The third-order valence-electron chi connectivity index (χ3n) is 2.75. The summed E-state index contributed by atoms with van der Waals surface area (Å²) in [5, 5.41) is 3.84. The minimum absolute atomic E-state index is 0.257. The average Bonchev–Trinajstić information content (AvgIpc) is 2.71.